The van der Waals surface area contributed by atoms with Crippen molar-refractivity contribution >= 4 is 11.5 Å². The molecule has 9 heteroatoms. The van der Waals surface area contributed by atoms with Crippen LogP contribution in [0, 0.1) is 10.1 Å². The van der Waals surface area contributed by atoms with Crippen molar-refractivity contribution in [3.8, 4) is 0 Å². The number of rotatable bonds is 6. The topological polar surface area (TPSA) is 101 Å². The summed E-state index contributed by atoms with van der Waals surface area (Å²) in [6.07, 6.45) is 2.22. The fourth-order valence-electron chi connectivity index (χ4n) is 3.54. The Morgan fingerprint density at radius 3 is 2.62 bits per heavy atom. The average molecular weight is 394 g/mol. The van der Waals surface area contributed by atoms with E-state index < -0.39 is 0 Å². The van der Waals surface area contributed by atoms with E-state index in [1.807, 2.05) is 42.2 Å². The lowest BCUT2D eigenvalue weighted by Gasteiger charge is -2.37. The van der Waals surface area contributed by atoms with Crippen LogP contribution in [0.15, 0.2) is 53.2 Å². The van der Waals surface area contributed by atoms with Crippen molar-refractivity contribution in [2.24, 2.45) is 0 Å². The van der Waals surface area contributed by atoms with Gasteiger partial charge in [-0.05, 0) is 18.6 Å². The molecule has 0 unspecified atom stereocenters. The van der Waals surface area contributed by atoms with Gasteiger partial charge in [0.15, 0.2) is 5.82 Å². The van der Waals surface area contributed by atoms with Crippen molar-refractivity contribution in [3.63, 3.8) is 0 Å². The van der Waals surface area contributed by atoms with Gasteiger partial charge in [-0.3, -0.25) is 15.0 Å². The van der Waals surface area contributed by atoms with Crippen LogP contribution in [0.4, 0.5) is 11.5 Å². The Morgan fingerprint density at radius 1 is 1.14 bits per heavy atom. The third kappa shape index (κ3) is 4.24. The smallest absolute Gasteiger partial charge is 0.311 e. The Bertz CT molecular complexity index is 969. The van der Waals surface area contributed by atoms with Crippen LogP contribution in [-0.2, 0) is 6.42 Å². The Kier molecular flexibility index (Phi) is 5.48. The molecule has 0 saturated carbocycles. The first-order valence-corrected chi connectivity index (χ1v) is 9.56. The molecule has 29 heavy (non-hydrogen) atoms. The number of piperazine rings is 1. The molecule has 0 radical (unpaired) electrons. The lowest BCUT2D eigenvalue weighted by molar-refractivity contribution is -0.384. The van der Waals surface area contributed by atoms with Gasteiger partial charge in [0.05, 0.1) is 11.0 Å². The highest BCUT2D eigenvalue weighted by atomic mass is 16.6. The molecule has 1 atom stereocenters. The molecule has 4 rings (SSSR count). The van der Waals surface area contributed by atoms with Gasteiger partial charge in [-0.2, -0.15) is 4.98 Å². The molecule has 0 amide bonds. The van der Waals surface area contributed by atoms with E-state index in [1.165, 1.54) is 6.07 Å². The normalized spacial score (nSPS) is 16.0. The van der Waals surface area contributed by atoms with E-state index in [1.54, 1.807) is 12.3 Å². The first-order chi connectivity index (χ1) is 14.1. The maximum Gasteiger partial charge on any atom is 0.311 e. The zero-order chi connectivity index (χ0) is 20.2. The van der Waals surface area contributed by atoms with Crippen LogP contribution >= 0.6 is 0 Å². The molecule has 150 valence electrons. The molecule has 0 spiro atoms. The molecule has 1 aliphatic heterocycles. The van der Waals surface area contributed by atoms with E-state index in [0.717, 1.165) is 18.7 Å². The SMILES string of the molecule is C[C@@H](c1nc(Cc2ccccc2)no1)N1CCN(c2ncccc2[N+](=O)[O-])CC1. The molecule has 9 nitrogen and oxygen atoms in total. The zero-order valence-corrected chi connectivity index (χ0v) is 16.1. The number of nitro groups is 1. The first-order valence-electron chi connectivity index (χ1n) is 9.56. The molecule has 1 aromatic carbocycles. The van der Waals surface area contributed by atoms with E-state index in [4.69, 9.17) is 4.52 Å². The molecule has 3 aromatic rings. The summed E-state index contributed by atoms with van der Waals surface area (Å²) in [6.45, 7) is 4.79. The highest BCUT2D eigenvalue weighted by Gasteiger charge is 2.29. The third-order valence-electron chi connectivity index (χ3n) is 5.17. The Labute approximate surface area is 168 Å². The second kappa shape index (κ2) is 8.36. The molecule has 1 aliphatic rings. The predicted molar refractivity (Wildman–Crippen MR) is 107 cm³/mol. The number of anilines is 1. The number of pyridine rings is 1. The maximum absolute atomic E-state index is 11.3. The fraction of sp³-hybridized carbons (Fsp3) is 0.350. The third-order valence-corrected chi connectivity index (χ3v) is 5.17. The summed E-state index contributed by atoms with van der Waals surface area (Å²) in [6, 6.07) is 13.1. The highest BCUT2D eigenvalue weighted by molar-refractivity contribution is 5.57. The molecular weight excluding hydrogens is 372 g/mol. The molecule has 1 saturated heterocycles. The lowest BCUT2D eigenvalue weighted by atomic mass is 10.1. The van der Waals surface area contributed by atoms with Gasteiger partial charge in [0.2, 0.25) is 11.7 Å². The number of nitrogens with zero attached hydrogens (tertiary/aromatic N) is 6. The van der Waals surface area contributed by atoms with Crippen LogP contribution in [0.3, 0.4) is 0 Å². The van der Waals surface area contributed by atoms with Crippen LogP contribution in [-0.4, -0.2) is 51.1 Å². The van der Waals surface area contributed by atoms with Crippen LogP contribution in [0.25, 0.3) is 0 Å². The molecular formula is C20H22N6O3. The summed E-state index contributed by atoms with van der Waals surface area (Å²) in [5.41, 5.74) is 1.18. The van der Waals surface area contributed by atoms with Crippen molar-refractivity contribution in [1.29, 1.82) is 0 Å². The van der Waals surface area contributed by atoms with Gasteiger partial charge >= 0.3 is 5.69 Å². The van der Waals surface area contributed by atoms with Crippen LogP contribution in [0.5, 0.6) is 0 Å². The molecule has 2 aromatic heterocycles. The molecule has 3 heterocycles. The van der Waals surface area contributed by atoms with Gasteiger partial charge in [0.25, 0.3) is 0 Å². The zero-order valence-electron chi connectivity index (χ0n) is 16.1. The van der Waals surface area contributed by atoms with E-state index in [0.29, 0.717) is 37.0 Å². The first kappa shape index (κ1) is 19.0. The molecule has 0 N–H and O–H groups in total. The second-order valence-electron chi connectivity index (χ2n) is 7.01. The standard InChI is InChI=1S/C20H22N6O3/c1-15(20-22-18(23-29-20)14-16-6-3-2-4-7-16)24-10-12-25(13-11-24)19-17(26(27)28)8-5-9-21-19/h2-9,15H,10-14H2,1H3/t15-/m0/s1. The van der Waals surface area contributed by atoms with Gasteiger partial charge in [0.1, 0.15) is 0 Å². The Morgan fingerprint density at radius 2 is 1.90 bits per heavy atom. The van der Waals surface area contributed by atoms with Gasteiger partial charge in [0, 0.05) is 44.9 Å². The minimum Gasteiger partial charge on any atom is -0.348 e. The van der Waals surface area contributed by atoms with E-state index in [9.17, 15) is 10.1 Å². The van der Waals surface area contributed by atoms with Crippen LogP contribution in [0.2, 0.25) is 0 Å². The molecule has 0 bridgehead atoms. The minimum absolute atomic E-state index is 0.0205. The number of hydrogen-bond acceptors (Lipinski definition) is 8. The molecule has 0 aliphatic carbocycles. The lowest BCUT2D eigenvalue weighted by Crippen LogP contribution is -2.47. The van der Waals surface area contributed by atoms with Gasteiger partial charge in [-0.15, -0.1) is 0 Å². The van der Waals surface area contributed by atoms with Crippen molar-refractivity contribution in [1.82, 2.24) is 20.0 Å². The Balaban J connectivity index is 1.38. The van der Waals surface area contributed by atoms with Crippen molar-refractivity contribution in [2.75, 3.05) is 31.1 Å². The average Bonchev–Trinajstić information content (AvgIpc) is 3.22. The highest BCUT2D eigenvalue weighted by Crippen LogP contribution is 2.27. The quantitative estimate of drug-likeness (QED) is 0.465. The van der Waals surface area contributed by atoms with Crippen molar-refractivity contribution in [2.45, 2.75) is 19.4 Å². The van der Waals surface area contributed by atoms with E-state index in [2.05, 4.69) is 20.0 Å². The number of aromatic nitrogens is 3. The van der Waals surface area contributed by atoms with Crippen molar-refractivity contribution in [3.05, 3.63) is 76.1 Å². The fourth-order valence-corrected chi connectivity index (χ4v) is 3.54. The Hall–Kier alpha value is -3.33. The second-order valence-corrected chi connectivity index (χ2v) is 7.01. The van der Waals surface area contributed by atoms with E-state index >= 15 is 0 Å². The van der Waals surface area contributed by atoms with Gasteiger partial charge in [-0.25, -0.2) is 4.98 Å². The summed E-state index contributed by atoms with van der Waals surface area (Å²) in [4.78, 5) is 23.8. The predicted octanol–water partition coefficient (Wildman–Crippen LogP) is 2.85. The number of benzene rings is 1. The summed E-state index contributed by atoms with van der Waals surface area (Å²) in [7, 11) is 0. The minimum atomic E-state index is -0.385. The monoisotopic (exact) mass is 394 g/mol. The van der Waals surface area contributed by atoms with Gasteiger partial charge in [-0.1, -0.05) is 35.5 Å². The van der Waals surface area contributed by atoms with Crippen molar-refractivity contribution < 1.29 is 9.45 Å². The van der Waals surface area contributed by atoms with Gasteiger partial charge < -0.3 is 9.42 Å². The maximum atomic E-state index is 11.3. The summed E-state index contributed by atoms with van der Waals surface area (Å²) < 4.78 is 5.50. The summed E-state index contributed by atoms with van der Waals surface area (Å²) in [5.74, 6) is 1.68. The van der Waals surface area contributed by atoms with E-state index in [-0.39, 0.29) is 16.7 Å². The number of hydrogen-bond donors (Lipinski definition) is 0. The van der Waals surface area contributed by atoms with Crippen LogP contribution in [0.1, 0.15) is 30.2 Å². The van der Waals surface area contributed by atoms with Crippen LogP contribution < -0.4 is 4.90 Å². The largest absolute Gasteiger partial charge is 0.348 e. The summed E-state index contributed by atoms with van der Waals surface area (Å²) in [5, 5.41) is 15.4. The molecule has 1 fully saturated rings. The summed E-state index contributed by atoms with van der Waals surface area (Å²) >= 11 is 0.